The van der Waals surface area contributed by atoms with E-state index in [1.165, 1.54) is 13.4 Å². The standard InChI is InChI=1S/C30H36O8S/c1-6-14-37-28-25(38-19-20-11-8-7-9-12-20)16-21(17-26(28)39(5,31)32)27-22(23-13-10-15-36-23)18-24(33-2)29(34-3)30(27)35-4/h7-9,11-12,16-18,23H,6,10,13-15,19H2,1-5H3. The Balaban J connectivity index is 1.99. The number of benzene rings is 3. The molecule has 3 aromatic carbocycles. The molecular formula is C30H36O8S. The molecule has 0 N–H and O–H groups in total. The van der Waals surface area contributed by atoms with Crippen LogP contribution in [-0.4, -0.2) is 49.2 Å². The van der Waals surface area contributed by atoms with E-state index in [4.69, 9.17) is 28.4 Å². The van der Waals surface area contributed by atoms with Crippen LogP contribution >= 0.6 is 0 Å². The fourth-order valence-electron chi connectivity index (χ4n) is 4.74. The van der Waals surface area contributed by atoms with Crippen molar-refractivity contribution in [2.24, 2.45) is 0 Å². The van der Waals surface area contributed by atoms with E-state index in [1.807, 2.05) is 43.3 Å². The molecule has 0 bridgehead atoms. The summed E-state index contributed by atoms with van der Waals surface area (Å²) in [6.45, 7) is 3.16. The first-order valence-electron chi connectivity index (χ1n) is 12.9. The lowest BCUT2D eigenvalue weighted by Crippen LogP contribution is -2.09. The molecule has 0 saturated carbocycles. The fourth-order valence-corrected chi connectivity index (χ4v) is 5.57. The van der Waals surface area contributed by atoms with Crippen molar-refractivity contribution in [1.29, 1.82) is 0 Å². The van der Waals surface area contributed by atoms with Gasteiger partial charge in [0.2, 0.25) is 5.75 Å². The Morgan fingerprint density at radius 3 is 2.23 bits per heavy atom. The molecule has 210 valence electrons. The number of rotatable bonds is 12. The molecule has 9 heteroatoms. The van der Waals surface area contributed by atoms with Gasteiger partial charge in [0.1, 0.15) is 11.5 Å². The lowest BCUT2D eigenvalue weighted by Gasteiger charge is -2.24. The summed E-state index contributed by atoms with van der Waals surface area (Å²) in [4.78, 5) is 0.0339. The van der Waals surface area contributed by atoms with Crippen LogP contribution < -0.4 is 23.7 Å². The van der Waals surface area contributed by atoms with Gasteiger partial charge in [0.15, 0.2) is 32.8 Å². The number of sulfone groups is 1. The van der Waals surface area contributed by atoms with Crippen LogP contribution in [0.3, 0.4) is 0 Å². The van der Waals surface area contributed by atoms with Gasteiger partial charge in [0.05, 0.1) is 34.0 Å². The van der Waals surface area contributed by atoms with E-state index in [9.17, 15) is 8.42 Å². The van der Waals surface area contributed by atoms with Crippen molar-refractivity contribution in [2.75, 3.05) is 40.8 Å². The molecule has 0 radical (unpaired) electrons. The summed E-state index contributed by atoms with van der Waals surface area (Å²) in [6, 6.07) is 14.9. The van der Waals surface area contributed by atoms with Crippen LogP contribution in [0.2, 0.25) is 0 Å². The van der Waals surface area contributed by atoms with Crippen molar-refractivity contribution < 1.29 is 36.8 Å². The minimum atomic E-state index is -3.71. The number of hydrogen-bond donors (Lipinski definition) is 0. The first-order valence-corrected chi connectivity index (χ1v) is 14.8. The van der Waals surface area contributed by atoms with Crippen molar-refractivity contribution in [3.63, 3.8) is 0 Å². The smallest absolute Gasteiger partial charge is 0.203 e. The predicted molar refractivity (Wildman–Crippen MR) is 149 cm³/mol. The molecule has 1 aliphatic heterocycles. The Morgan fingerprint density at radius 1 is 0.897 bits per heavy atom. The van der Waals surface area contributed by atoms with Crippen LogP contribution in [0, 0.1) is 0 Å². The topological polar surface area (TPSA) is 89.5 Å². The Labute approximate surface area is 230 Å². The maximum absolute atomic E-state index is 13.1. The molecule has 1 atom stereocenters. The van der Waals surface area contributed by atoms with E-state index in [0.29, 0.717) is 53.8 Å². The first-order chi connectivity index (χ1) is 18.8. The number of methoxy groups -OCH3 is 3. The van der Waals surface area contributed by atoms with Gasteiger partial charge in [-0.3, -0.25) is 0 Å². The first kappa shape index (κ1) is 28.6. The van der Waals surface area contributed by atoms with Gasteiger partial charge in [-0.25, -0.2) is 8.42 Å². The van der Waals surface area contributed by atoms with Crippen molar-refractivity contribution in [3.05, 3.63) is 59.7 Å². The van der Waals surface area contributed by atoms with E-state index < -0.39 is 9.84 Å². The summed E-state index contributed by atoms with van der Waals surface area (Å²) < 4.78 is 61.7. The summed E-state index contributed by atoms with van der Waals surface area (Å²) in [6.07, 6.45) is 3.36. The maximum atomic E-state index is 13.1. The lowest BCUT2D eigenvalue weighted by molar-refractivity contribution is 0.112. The highest BCUT2D eigenvalue weighted by molar-refractivity contribution is 7.90. The fraction of sp³-hybridized carbons (Fsp3) is 0.400. The Kier molecular flexibility index (Phi) is 9.24. The summed E-state index contributed by atoms with van der Waals surface area (Å²) >= 11 is 0. The lowest BCUT2D eigenvalue weighted by atomic mass is 9.92. The Hall–Kier alpha value is -3.43. The van der Waals surface area contributed by atoms with Crippen molar-refractivity contribution >= 4 is 9.84 Å². The van der Waals surface area contributed by atoms with Gasteiger partial charge < -0.3 is 28.4 Å². The van der Waals surface area contributed by atoms with Gasteiger partial charge in [0.25, 0.3) is 0 Å². The van der Waals surface area contributed by atoms with E-state index in [-0.39, 0.29) is 23.4 Å². The summed E-state index contributed by atoms with van der Waals surface area (Å²) in [5.74, 6) is 1.82. The molecule has 1 saturated heterocycles. The zero-order valence-corrected chi connectivity index (χ0v) is 23.9. The quantitative estimate of drug-likeness (QED) is 0.268. The average Bonchev–Trinajstić information content (AvgIpc) is 3.48. The summed E-state index contributed by atoms with van der Waals surface area (Å²) in [5.41, 5.74) is 2.98. The minimum absolute atomic E-state index is 0.0339. The molecule has 1 unspecified atom stereocenters. The van der Waals surface area contributed by atoms with E-state index in [2.05, 4.69) is 0 Å². The van der Waals surface area contributed by atoms with Gasteiger partial charge in [-0.15, -0.1) is 0 Å². The minimum Gasteiger partial charge on any atom is -0.493 e. The molecule has 1 fully saturated rings. The third kappa shape index (κ3) is 6.25. The maximum Gasteiger partial charge on any atom is 0.203 e. The second-order valence-corrected chi connectivity index (χ2v) is 11.3. The molecule has 0 amide bonds. The average molecular weight is 557 g/mol. The van der Waals surface area contributed by atoms with Gasteiger partial charge in [0, 0.05) is 18.4 Å². The van der Waals surface area contributed by atoms with Gasteiger partial charge in [-0.05, 0) is 54.2 Å². The molecule has 4 rings (SSSR count). The van der Waals surface area contributed by atoms with E-state index in [1.54, 1.807) is 26.4 Å². The predicted octanol–water partition coefficient (Wildman–Crippen LogP) is 6.00. The second kappa shape index (κ2) is 12.6. The van der Waals surface area contributed by atoms with Crippen molar-refractivity contribution in [1.82, 2.24) is 0 Å². The number of hydrogen-bond acceptors (Lipinski definition) is 8. The van der Waals surface area contributed by atoms with Crippen LogP contribution in [-0.2, 0) is 21.2 Å². The zero-order chi connectivity index (χ0) is 28.0. The SMILES string of the molecule is CCCOc1c(OCc2ccccc2)cc(-c2c(C3CCCO3)cc(OC)c(OC)c2OC)cc1S(C)(=O)=O. The van der Waals surface area contributed by atoms with E-state index >= 15 is 0 Å². The molecule has 1 heterocycles. The molecule has 3 aromatic rings. The second-order valence-electron chi connectivity index (χ2n) is 9.31. The molecule has 0 aromatic heterocycles. The normalized spacial score (nSPS) is 15.2. The van der Waals surface area contributed by atoms with Crippen molar-refractivity contribution in [2.45, 2.75) is 43.8 Å². The molecule has 39 heavy (non-hydrogen) atoms. The number of ether oxygens (including phenoxy) is 6. The van der Waals surface area contributed by atoms with E-state index in [0.717, 1.165) is 24.0 Å². The molecule has 8 nitrogen and oxygen atoms in total. The highest BCUT2D eigenvalue weighted by atomic mass is 32.2. The highest BCUT2D eigenvalue weighted by Crippen LogP contribution is 2.52. The van der Waals surface area contributed by atoms with Crippen LogP contribution in [0.1, 0.15) is 43.4 Å². The van der Waals surface area contributed by atoms with Crippen LogP contribution in [0.15, 0.2) is 53.4 Å². The third-order valence-electron chi connectivity index (χ3n) is 6.53. The molecule has 0 aliphatic carbocycles. The van der Waals surface area contributed by atoms with Gasteiger partial charge in [-0.2, -0.15) is 0 Å². The largest absolute Gasteiger partial charge is 0.493 e. The Morgan fingerprint density at radius 2 is 1.64 bits per heavy atom. The molecule has 1 aliphatic rings. The van der Waals surface area contributed by atoms with Crippen LogP contribution in [0.4, 0.5) is 0 Å². The monoisotopic (exact) mass is 556 g/mol. The van der Waals surface area contributed by atoms with Crippen LogP contribution in [0.5, 0.6) is 28.7 Å². The summed E-state index contributed by atoms with van der Waals surface area (Å²) in [5, 5.41) is 0. The molecular weight excluding hydrogens is 520 g/mol. The van der Waals surface area contributed by atoms with Gasteiger partial charge >= 0.3 is 0 Å². The zero-order valence-electron chi connectivity index (χ0n) is 23.1. The van der Waals surface area contributed by atoms with Gasteiger partial charge in [-0.1, -0.05) is 37.3 Å². The summed E-state index contributed by atoms with van der Waals surface area (Å²) in [7, 11) is 0.930. The molecule has 0 spiro atoms. The Bertz CT molecular complexity index is 1380. The third-order valence-corrected chi connectivity index (χ3v) is 7.64. The highest BCUT2D eigenvalue weighted by Gasteiger charge is 2.31. The van der Waals surface area contributed by atoms with Crippen molar-refractivity contribution in [3.8, 4) is 39.9 Å². The van der Waals surface area contributed by atoms with Crippen LogP contribution in [0.25, 0.3) is 11.1 Å².